The van der Waals surface area contributed by atoms with Crippen LogP contribution in [0.1, 0.15) is 17.7 Å². The van der Waals surface area contributed by atoms with Crippen LogP contribution in [0.3, 0.4) is 0 Å². The minimum Gasteiger partial charge on any atom is -0.360 e. The summed E-state index contributed by atoms with van der Waals surface area (Å²) in [6, 6.07) is 9.70. The Morgan fingerprint density at radius 2 is 2.24 bits per heavy atom. The van der Waals surface area contributed by atoms with Gasteiger partial charge in [-0.15, -0.1) is 11.8 Å². The van der Waals surface area contributed by atoms with Crippen molar-refractivity contribution in [1.82, 2.24) is 20.5 Å². The first-order valence-corrected chi connectivity index (χ1v) is 9.23. The zero-order valence-corrected chi connectivity index (χ0v) is 14.4. The zero-order valence-electron chi connectivity index (χ0n) is 13.5. The maximum atomic E-state index is 12.3. The number of hydrogen-bond acceptors (Lipinski definition) is 4. The molecule has 3 N–H and O–H groups in total. The molecule has 0 aliphatic heterocycles. The van der Waals surface area contributed by atoms with Crippen molar-refractivity contribution in [1.29, 1.82) is 0 Å². The summed E-state index contributed by atoms with van der Waals surface area (Å²) in [6.45, 7) is 0. The van der Waals surface area contributed by atoms with E-state index < -0.39 is 0 Å². The van der Waals surface area contributed by atoms with E-state index in [4.69, 9.17) is 0 Å². The Balaban J connectivity index is 1.36. The molecule has 3 aromatic rings. The van der Waals surface area contributed by atoms with E-state index in [0.29, 0.717) is 12.2 Å². The Bertz CT molecular complexity index is 978. The molecule has 1 aliphatic rings. The number of amides is 1. The number of para-hydroxylation sites is 1. The van der Waals surface area contributed by atoms with Gasteiger partial charge in [-0.3, -0.25) is 9.59 Å². The maximum absolute atomic E-state index is 12.3. The molecule has 1 atom stereocenters. The number of benzene rings is 1. The molecule has 1 unspecified atom stereocenters. The Kier molecular flexibility index (Phi) is 4.31. The molecule has 6 nitrogen and oxygen atoms in total. The molecule has 1 aromatic carbocycles. The number of aryl methyl sites for hydroxylation is 1. The molecule has 1 amide bonds. The molecule has 0 spiro atoms. The number of nitrogens with zero attached hydrogens (tertiary/aromatic N) is 1. The SMILES string of the molecule is O=C(CSc1c[nH]c2ccccc12)NC1CCc2n[nH]c(=O)cc2C1. The number of aromatic nitrogens is 3. The average molecular weight is 354 g/mol. The van der Waals surface area contributed by atoms with E-state index in [-0.39, 0.29) is 17.5 Å². The topological polar surface area (TPSA) is 90.6 Å². The minimum atomic E-state index is -0.194. The van der Waals surface area contributed by atoms with Crippen LogP contribution < -0.4 is 10.9 Å². The molecule has 25 heavy (non-hydrogen) atoms. The van der Waals surface area contributed by atoms with Gasteiger partial charge in [-0.1, -0.05) is 18.2 Å². The van der Waals surface area contributed by atoms with Crippen LogP contribution in [0.25, 0.3) is 10.9 Å². The van der Waals surface area contributed by atoms with E-state index in [1.54, 1.807) is 6.07 Å². The number of nitrogens with one attached hydrogen (secondary N) is 3. The highest BCUT2D eigenvalue weighted by molar-refractivity contribution is 8.00. The van der Waals surface area contributed by atoms with Gasteiger partial charge in [0.2, 0.25) is 5.91 Å². The summed E-state index contributed by atoms with van der Waals surface area (Å²) in [4.78, 5) is 28.0. The third-order valence-corrected chi connectivity index (χ3v) is 5.50. The van der Waals surface area contributed by atoms with Crippen LogP contribution in [0, 0.1) is 0 Å². The van der Waals surface area contributed by atoms with Gasteiger partial charge in [0.1, 0.15) is 0 Å². The molecular formula is C18H18N4O2S. The Morgan fingerprint density at radius 1 is 1.36 bits per heavy atom. The Morgan fingerprint density at radius 3 is 3.16 bits per heavy atom. The molecule has 2 aromatic heterocycles. The number of fused-ring (bicyclic) bond motifs is 2. The van der Waals surface area contributed by atoms with Gasteiger partial charge in [0, 0.05) is 34.1 Å². The molecule has 2 heterocycles. The van der Waals surface area contributed by atoms with E-state index in [1.165, 1.54) is 11.8 Å². The van der Waals surface area contributed by atoms with Crippen molar-refractivity contribution < 1.29 is 4.79 Å². The third-order valence-electron chi connectivity index (χ3n) is 4.45. The lowest BCUT2D eigenvalue weighted by molar-refractivity contribution is -0.119. The van der Waals surface area contributed by atoms with Crippen LogP contribution in [0.2, 0.25) is 0 Å². The standard InChI is InChI=1S/C18H18N4O2S/c23-17-8-11-7-12(5-6-14(11)21-22-17)20-18(24)10-25-16-9-19-15-4-2-1-3-13(15)16/h1-4,8-9,12,19H,5-7,10H2,(H,20,24)(H,22,23). The first-order valence-electron chi connectivity index (χ1n) is 8.25. The largest absolute Gasteiger partial charge is 0.360 e. The lowest BCUT2D eigenvalue weighted by Crippen LogP contribution is -2.40. The van der Waals surface area contributed by atoms with Gasteiger partial charge in [0.15, 0.2) is 0 Å². The average Bonchev–Trinajstić information content (AvgIpc) is 3.03. The molecule has 4 rings (SSSR count). The number of carbonyl (C=O) groups excluding carboxylic acids is 1. The maximum Gasteiger partial charge on any atom is 0.264 e. The van der Waals surface area contributed by atoms with Gasteiger partial charge in [-0.2, -0.15) is 5.10 Å². The summed E-state index contributed by atoms with van der Waals surface area (Å²) in [7, 11) is 0. The van der Waals surface area contributed by atoms with Crippen molar-refractivity contribution in [2.45, 2.75) is 30.2 Å². The molecule has 0 bridgehead atoms. The highest BCUT2D eigenvalue weighted by Crippen LogP contribution is 2.27. The molecule has 128 valence electrons. The number of H-pyrrole nitrogens is 2. The van der Waals surface area contributed by atoms with E-state index in [9.17, 15) is 9.59 Å². The highest BCUT2D eigenvalue weighted by atomic mass is 32.2. The van der Waals surface area contributed by atoms with Crippen LogP contribution in [-0.2, 0) is 17.6 Å². The molecule has 0 saturated heterocycles. The zero-order chi connectivity index (χ0) is 17.2. The summed E-state index contributed by atoms with van der Waals surface area (Å²) in [5.74, 6) is 0.389. The van der Waals surface area contributed by atoms with Crippen LogP contribution >= 0.6 is 11.8 Å². The second kappa shape index (κ2) is 6.76. The third kappa shape index (κ3) is 3.46. The van der Waals surface area contributed by atoms with Crippen LogP contribution in [0.15, 0.2) is 46.2 Å². The number of hydrogen-bond donors (Lipinski definition) is 3. The number of rotatable bonds is 4. The second-order valence-corrected chi connectivity index (χ2v) is 7.22. The Labute approximate surface area is 148 Å². The van der Waals surface area contributed by atoms with Gasteiger partial charge in [0.25, 0.3) is 5.56 Å². The minimum absolute atomic E-state index is 0.0153. The van der Waals surface area contributed by atoms with Crippen LogP contribution in [0.4, 0.5) is 0 Å². The first kappa shape index (κ1) is 16.0. The predicted octanol–water partition coefficient (Wildman–Crippen LogP) is 2.02. The van der Waals surface area contributed by atoms with Gasteiger partial charge >= 0.3 is 0 Å². The van der Waals surface area contributed by atoms with Gasteiger partial charge < -0.3 is 10.3 Å². The predicted molar refractivity (Wildman–Crippen MR) is 97.8 cm³/mol. The van der Waals surface area contributed by atoms with Crippen molar-refractivity contribution in [3.63, 3.8) is 0 Å². The van der Waals surface area contributed by atoms with Gasteiger partial charge in [-0.05, 0) is 30.9 Å². The van der Waals surface area contributed by atoms with E-state index in [0.717, 1.165) is 39.9 Å². The fraction of sp³-hybridized carbons (Fsp3) is 0.278. The molecule has 7 heteroatoms. The van der Waals surface area contributed by atoms with Crippen molar-refractivity contribution in [3.8, 4) is 0 Å². The molecular weight excluding hydrogens is 336 g/mol. The quantitative estimate of drug-likeness (QED) is 0.625. The summed E-state index contributed by atoms with van der Waals surface area (Å²) >= 11 is 1.53. The van der Waals surface area contributed by atoms with Crippen LogP contribution in [0.5, 0.6) is 0 Å². The number of thioether (sulfide) groups is 1. The lowest BCUT2D eigenvalue weighted by atomic mass is 9.92. The summed E-state index contributed by atoms with van der Waals surface area (Å²) < 4.78 is 0. The van der Waals surface area contributed by atoms with E-state index in [1.807, 2.05) is 24.4 Å². The first-order chi connectivity index (χ1) is 12.2. The van der Waals surface area contributed by atoms with Crippen molar-refractivity contribution in [2.75, 3.05) is 5.75 Å². The van der Waals surface area contributed by atoms with E-state index >= 15 is 0 Å². The smallest absolute Gasteiger partial charge is 0.264 e. The monoisotopic (exact) mass is 354 g/mol. The highest BCUT2D eigenvalue weighted by Gasteiger charge is 2.21. The van der Waals surface area contributed by atoms with Crippen molar-refractivity contribution in [3.05, 3.63) is 58.1 Å². The number of carbonyl (C=O) groups is 1. The normalized spacial score (nSPS) is 16.6. The molecule has 0 fully saturated rings. The fourth-order valence-electron chi connectivity index (χ4n) is 3.24. The molecule has 0 radical (unpaired) electrons. The second-order valence-electron chi connectivity index (χ2n) is 6.20. The van der Waals surface area contributed by atoms with Gasteiger partial charge in [0.05, 0.1) is 11.4 Å². The molecule has 0 saturated carbocycles. The van der Waals surface area contributed by atoms with Crippen molar-refractivity contribution in [2.24, 2.45) is 0 Å². The molecule has 1 aliphatic carbocycles. The fourth-order valence-corrected chi connectivity index (χ4v) is 4.09. The lowest BCUT2D eigenvalue weighted by Gasteiger charge is -2.24. The van der Waals surface area contributed by atoms with Crippen molar-refractivity contribution >= 4 is 28.6 Å². The summed E-state index contributed by atoms with van der Waals surface area (Å²) in [5.41, 5.74) is 2.75. The number of aromatic amines is 2. The summed E-state index contributed by atoms with van der Waals surface area (Å²) in [5, 5.41) is 10.8. The van der Waals surface area contributed by atoms with Gasteiger partial charge in [-0.25, -0.2) is 5.10 Å². The summed E-state index contributed by atoms with van der Waals surface area (Å²) in [6.07, 6.45) is 4.22. The van der Waals surface area contributed by atoms with Crippen LogP contribution in [-0.4, -0.2) is 32.9 Å². The Hall–Kier alpha value is -2.54. The van der Waals surface area contributed by atoms with E-state index in [2.05, 4.69) is 26.6 Å².